The van der Waals surface area contributed by atoms with Crippen molar-refractivity contribution in [2.75, 3.05) is 0 Å². The molecule has 0 saturated heterocycles. The van der Waals surface area contributed by atoms with Crippen LogP contribution >= 0.6 is 0 Å². The zero-order valence-electron chi connectivity index (χ0n) is 17.4. The van der Waals surface area contributed by atoms with E-state index in [4.69, 9.17) is 4.74 Å². The van der Waals surface area contributed by atoms with Crippen LogP contribution in [0.3, 0.4) is 0 Å². The minimum Gasteiger partial charge on any atom is -0.480 e. The topological polar surface area (TPSA) is 105 Å². The summed E-state index contributed by atoms with van der Waals surface area (Å²) in [5.41, 5.74) is 0.187. The number of amides is 2. The van der Waals surface area contributed by atoms with E-state index in [1.807, 2.05) is 30.3 Å². The van der Waals surface area contributed by atoms with E-state index in [0.29, 0.717) is 0 Å². The molecule has 1 aliphatic rings. The highest BCUT2D eigenvalue weighted by Gasteiger charge is 2.37. The SMILES string of the molecule is CC(C)(C)[C@H](NC(=O)C(NC(=O)OCc1ccccc1)C1CCCCC1)C(=O)O. The van der Waals surface area contributed by atoms with Gasteiger partial charge in [-0.2, -0.15) is 0 Å². The number of benzene rings is 1. The molecule has 1 unspecified atom stereocenters. The Morgan fingerprint density at radius 2 is 1.69 bits per heavy atom. The van der Waals surface area contributed by atoms with Crippen LogP contribution in [-0.4, -0.2) is 35.2 Å². The highest BCUT2D eigenvalue weighted by atomic mass is 16.5. The van der Waals surface area contributed by atoms with Crippen LogP contribution in [0, 0.1) is 11.3 Å². The fraction of sp³-hybridized carbons (Fsp3) is 0.591. The Hall–Kier alpha value is -2.57. The number of carboxylic acids is 1. The third-order valence-corrected chi connectivity index (χ3v) is 5.29. The van der Waals surface area contributed by atoms with E-state index < -0.39 is 35.5 Å². The number of alkyl carbamates (subject to hydrolysis) is 1. The van der Waals surface area contributed by atoms with Crippen molar-refractivity contribution in [3.05, 3.63) is 35.9 Å². The first kappa shape index (κ1) is 22.7. The van der Waals surface area contributed by atoms with Crippen LogP contribution in [0.25, 0.3) is 0 Å². The van der Waals surface area contributed by atoms with Gasteiger partial charge in [0, 0.05) is 0 Å². The standard InChI is InChI=1S/C22H32N2O5/c1-22(2,3)18(20(26)27)24-19(25)17(16-12-8-5-9-13-16)23-21(28)29-14-15-10-6-4-7-11-15/h4,6-7,10-11,16-18H,5,8-9,12-14H2,1-3H3,(H,23,28)(H,24,25)(H,26,27)/t17?,18-/m1/s1. The average Bonchev–Trinajstić information content (AvgIpc) is 2.68. The normalized spacial score (nSPS) is 17.1. The maximum absolute atomic E-state index is 13.0. The highest BCUT2D eigenvalue weighted by Crippen LogP contribution is 2.27. The van der Waals surface area contributed by atoms with Gasteiger partial charge in [0.25, 0.3) is 0 Å². The number of carbonyl (C=O) groups is 3. The Kier molecular flexibility index (Phi) is 8.05. The summed E-state index contributed by atoms with van der Waals surface area (Å²) in [5.74, 6) is -1.61. The number of aliphatic carboxylic acids is 1. The second-order valence-corrected chi connectivity index (χ2v) is 8.73. The van der Waals surface area contributed by atoms with E-state index in [0.717, 1.165) is 37.7 Å². The maximum atomic E-state index is 13.0. The van der Waals surface area contributed by atoms with Gasteiger partial charge in [0.15, 0.2) is 0 Å². The summed E-state index contributed by atoms with van der Waals surface area (Å²) in [4.78, 5) is 37.0. The van der Waals surface area contributed by atoms with Crippen molar-refractivity contribution >= 4 is 18.0 Å². The van der Waals surface area contributed by atoms with Crippen LogP contribution in [0.4, 0.5) is 4.79 Å². The van der Waals surface area contributed by atoms with E-state index in [1.54, 1.807) is 20.8 Å². The third kappa shape index (κ3) is 7.07. The molecule has 0 heterocycles. The Morgan fingerprint density at radius 1 is 1.07 bits per heavy atom. The summed E-state index contributed by atoms with van der Waals surface area (Å²) >= 11 is 0. The molecule has 1 aromatic carbocycles. The first-order valence-corrected chi connectivity index (χ1v) is 10.2. The quantitative estimate of drug-likeness (QED) is 0.645. The van der Waals surface area contributed by atoms with Gasteiger partial charge in [-0.1, -0.05) is 70.4 Å². The Morgan fingerprint density at radius 3 is 2.24 bits per heavy atom. The monoisotopic (exact) mass is 404 g/mol. The van der Waals surface area contributed by atoms with Gasteiger partial charge in [0.05, 0.1) is 0 Å². The number of carboxylic acid groups (broad SMARTS) is 1. The van der Waals surface area contributed by atoms with Gasteiger partial charge in [0.2, 0.25) is 5.91 Å². The minimum atomic E-state index is -1.10. The lowest BCUT2D eigenvalue weighted by Crippen LogP contribution is -2.57. The third-order valence-electron chi connectivity index (χ3n) is 5.29. The van der Waals surface area contributed by atoms with Crippen molar-refractivity contribution in [2.24, 2.45) is 11.3 Å². The minimum absolute atomic E-state index is 0.0394. The molecule has 29 heavy (non-hydrogen) atoms. The van der Waals surface area contributed by atoms with Gasteiger partial charge < -0.3 is 20.5 Å². The lowest BCUT2D eigenvalue weighted by Gasteiger charge is -2.33. The van der Waals surface area contributed by atoms with Crippen LogP contribution in [0.2, 0.25) is 0 Å². The molecule has 1 aromatic rings. The fourth-order valence-electron chi connectivity index (χ4n) is 3.64. The van der Waals surface area contributed by atoms with Crippen LogP contribution in [0.5, 0.6) is 0 Å². The fourth-order valence-corrected chi connectivity index (χ4v) is 3.64. The van der Waals surface area contributed by atoms with Crippen molar-refractivity contribution in [3.63, 3.8) is 0 Å². The summed E-state index contributed by atoms with van der Waals surface area (Å²) in [7, 11) is 0. The molecule has 0 spiro atoms. The molecule has 0 radical (unpaired) electrons. The number of ether oxygens (including phenoxy) is 1. The first-order chi connectivity index (χ1) is 13.7. The molecule has 7 heteroatoms. The predicted molar refractivity (Wildman–Crippen MR) is 109 cm³/mol. The summed E-state index contributed by atoms with van der Waals surface area (Å²) < 4.78 is 5.27. The van der Waals surface area contributed by atoms with Crippen molar-refractivity contribution in [2.45, 2.75) is 71.6 Å². The van der Waals surface area contributed by atoms with Crippen LogP contribution < -0.4 is 10.6 Å². The molecular weight excluding hydrogens is 372 g/mol. The molecule has 0 aromatic heterocycles. The molecule has 1 saturated carbocycles. The number of rotatable bonds is 7. The molecular formula is C22H32N2O5. The van der Waals surface area contributed by atoms with Crippen molar-refractivity contribution in [1.82, 2.24) is 10.6 Å². The zero-order chi connectivity index (χ0) is 21.4. The number of carbonyl (C=O) groups excluding carboxylic acids is 2. The summed E-state index contributed by atoms with van der Waals surface area (Å²) in [6, 6.07) is 7.41. The molecule has 7 nitrogen and oxygen atoms in total. The highest BCUT2D eigenvalue weighted by molar-refractivity contribution is 5.89. The number of hydrogen-bond donors (Lipinski definition) is 3. The van der Waals surface area contributed by atoms with Crippen LogP contribution in [0.1, 0.15) is 58.4 Å². The van der Waals surface area contributed by atoms with Gasteiger partial charge in [-0.3, -0.25) is 4.79 Å². The molecule has 1 aliphatic carbocycles. The second kappa shape index (κ2) is 10.3. The van der Waals surface area contributed by atoms with Crippen molar-refractivity contribution in [3.8, 4) is 0 Å². The van der Waals surface area contributed by atoms with Crippen molar-refractivity contribution < 1.29 is 24.2 Å². The van der Waals surface area contributed by atoms with E-state index in [1.165, 1.54) is 0 Å². The average molecular weight is 405 g/mol. The molecule has 0 aliphatic heterocycles. The smallest absolute Gasteiger partial charge is 0.408 e. The summed E-state index contributed by atoms with van der Waals surface area (Å²) in [5, 5.41) is 14.8. The van der Waals surface area contributed by atoms with Gasteiger partial charge in [0.1, 0.15) is 18.7 Å². The van der Waals surface area contributed by atoms with Gasteiger partial charge in [-0.25, -0.2) is 9.59 Å². The Labute approximate surface area is 172 Å². The molecule has 2 amide bonds. The van der Waals surface area contributed by atoms with E-state index in [9.17, 15) is 19.5 Å². The first-order valence-electron chi connectivity index (χ1n) is 10.2. The zero-order valence-corrected chi connectivity index (χ0v) is 17.4. The maximum Gasteiger partial charge on any atom is 0.408 e. The Bertz CT molecular complexity index is 693. The predicted octanol–water partition coefficient (Wildman–Crippen LogP) is 3.48. The van der Waals surface area contributed by atoms with Gasteiger partial charge in [-0.05, 0) is 29.7 Å². The van der Waals surface area contributed by atoms with E-state index in [2.05, 4.69) is 10.6 Å². The van der Waals surface area contributed by atoms with Gasteiger partial charge >= 0.3 is 12.1 Å². The Balaban J connectivity index is 2.06. The molecule has 160 valence electrons. The van der Waals surface area contributed by atoms with Crippen molar-refractivity contribution in [1.29, 1.82) is 0 Å². The van der Waals surface area contributed by atoms with Gasteiger partial charge in [-0.15, -0.1) is 0 Å². The molecule has 2 atom stereocenters. The summed E-state index contributed by atoms with van der Waals surface area (Å²) in [6.07, 6.45) is 4.01. The lowest BCUT2D eigenvalue weighted by atomic mass is 9.82. The van der Waals surface area contributed by atoms with Crippen LogP contribution in [0.15, 0.2) is 30.3 Å². The number of nitrogens with one attached hydrogen (secondary N) is 2. The summed E-state index contributed by atoms with van der Waals surface area (Å²) in [6.45, 7) is 5.36. The lowest BCUT2D eigenvalue weighted by molar-refractivity contribution is -0.145. The molecule has 3 N–H and O–H groups in total. The molecule has 1 fully saturated rings. The molecule has 2 rings (SSSR count). The van der Waals surface area contributed by atoms with E-state index in [-0.39, 0.29) is 12.5 Å². The molecule has 0 bridgehead atoms. The van der Waals surface area contributed by atoms with Crippen LogP contribution in [-0.2, 0) is 20.9 Å². The largest absolute Gasteiger partial charge is 0.480 e. The second-order valence-electron chi connectivity index (χ2n) is 8.73. The number of hydrogen-bond acceptors (Lipinski definition) is 4. The van der Waals surface area contributed by atoms with E-state index >= 15 is 0 Å².